The molecule has 0 bridgehead atoms. The van der Waals surface area contributed by atoms with Crippen molar-refractivity contribution in [3.8, 4) is 11.3 Å². The van der Waals surface area contributed by atoms with Crippen LogP contribution >= 0.6 is 0 Å². The molecule has 158 valence electrons. The molecule has 1 atom stereocenters. The summed E-state index contributed by atoms with van der Waals surface area (Å²) in [6.07, 6.45) is 6.48. The Bertz CT molecular complexity index is 1240. The van der Waals surface area contributed by atoms with Crippen LogP contribution in [-0.4, -0.2) is 42.6 Å². The zero-order valence-corrected chi connectivity index (χ0v) is 17.5. The molecule has 7 heteroatoms. The van der Waals surface area contributed by atoms with Gasteiger partial charge in [0, 0.05) is 36.6 Å². The number of aromatic nitrogens is 4. The topological polar surface area (TPSA) is 66.8 Å². The first-order chi connectivity index (χ1) is 14.9. The number of amides is 1. The average Bonchev–Trinajstić information content (AvgIpc) is 3.47. The van der Waals surface area contributed by atoms with Gasteiger partial charge in [0.2, 0.25) is 0 Å². The van der Waals surface area contributed by atoms with Crippen LogP contribution in [0.25, 0.3) is 22.3 Å². The Morgan fingerprint density at radius 3 is 2.84 bits per heavy atom. The molecule has 1 aliphatic rings. The van der Waals surface area contributed by atoms with Crippen LogP contribution in [0.2, 0.25) is 0 Å². The van der Waals surface area contributed by atoms with E-state index in [1.807, 2.05) is 29.4 Å². The molecule has 1 aliphatic heterocycles. The first-order valence-electron chi connectivity index (χ1n) is 10.4. The quantitative estimate of drug-likeness (QED) is 0.531. The second-order valence-corrected chi connectivity index (χ2v) is 8.83. The number of rotatable bonds is 4. The van der Waals surface area contributed by atoms with Crippen molar-refractivity contribution in [1.82, 2.24) is 24.6 Å². The number of fused-ring (bicyclic) bond motifs is 1. The highest BCUT2D eigenvalue weighted by atomic mass is 19.1. The lowest BCUT2D eigenvalue weighted by Gasteiger charge is -2.31. The first kappa shape index (κ1) is 19.5. The number of nitrogens with zero attached hydrogens (tertiary/aromatic N) is 4. The fraction of sp³-hybridized carbons (Fsp3) is 0.292. The van der Waals surface area contributed by atoms with Gasteiger partial charge < -0.3 is 9.47 Å². The standard InChI is InChI=1S/C24H24FN5O/c1-24(2)11-16(15-30(24)23(31)18-5-3-4-6-19(18)25)14-29-10-9-21-22(29)8-7-20(28-21)17-12-26-27-13-17/h3-10,12-13,16H,11,14-15H2,1-2H3,(H,26,27). The monoisotopic (exact) mass is 417 g/mol. The molecule has 3 aromatic heterocycles. The van der Waals surface area contributed by atoms with E-state index in [0.717, 1.165) is 35.3 Å². The maximum Gasteiger partial charge on any atom is 0.257 e. The number of pyridine rings is 1. The Morgan fingerprint density at radius 1 is 1.23 bits per heavy atom. The Kier molecular flexibility index (Phi) is 4.61. The molecule has 1 unspecified atom stereocenters. The smallest absolute Gasteiger partial charge is 0.257 e. The van der Waals surface area contributed by atoms with Crippen LogP contribution in [-0.2, 0) is 6.54 Å². The number of carbonyl (C=O) groups is 1. The van der Waals surface area contributed by atoms with Crippen LogP contribution in [0.1, 0.15) is 30.6 Å². The van der Waals surface area contributed by atoms with E-state index in [9.17, 15) is 9.18 Å². The predicted octanol–water partition coefficient (Wildman–Crippen LogP) is 4.51. The van der Waals surface area contributed by atoms with Gasteiger partial charge in [-0.05, 0) is 56.5 Å². The molecule has 31 heavy (non-hydrogen) atoms. The van der Waals surface area contributed by atoms with Crippen LogP contribution in [0.4, 0.5) is 4.39 Å². The van der Waals surface area contributed by atoms with Gasteiger partial charge in [-0.15, -0.1) is 0 Å². The molecule has 1 saturated heterocycles. The second-order valence-electron chi connectivity index (χ2n) is 8.83. The van der Waals surface area contributed by atoms with E-state index < -0.39 is 5.82 Å². The van der Waals surface area contributed by atoms with Crippen molar-refractivity contribution in [3.05, 3.63) is 72.4 Å². The minimum Gasteiger partial charge on any atom is -0.346 e. The van der Waals surface area contributed by atoms with Gasteiger partial charge in [0.25, 0.3) is 5.91 Å². The van der Waals surface area contributed by atoms with Crippen molar-refractivity contribution in [3.63, 3.8) is 0 Å². The number of aromatic amines is 1. The van der Waals surface area contributed by atoms with Gasteiger partial charge in [-0.1, -0.05) is 12.1 Å². The van der Waals surface area contributed by atoms with Crippen molar-refractivity contribution in [1.29, 1.82) is 0 Å². The highest BCUT2D eigenvalue weighted by Crippen LogP contribution is 2.35. The summed E-state index contributed by atoms with van der Waals surface area (Å²) < 4.78 is 16.4. The SMILES string of the molecule is CC1(C)CC(Cn2ccc3nc(-c4cn[nH]c4)ccc32)CN1C(=O)c1ccccc1F. The van der Waals surface area contributed by atoms with Crippen LogP contribution in [0, 0.1) is 11.7 Å². The number of H-pyrrole nitrogens is 1. The fourth-order valence-electron chi connectivity index (χ4n) is 4.71. The van der Waals surface area contributed by atoms with E-state index in [0.29, 0.717) is 6.54 Å². The predicted molar refractivity (Wildman–Crippen MR) is 117 cm³/mol. The van der Waals surface area contributed by atoms with E-state index in [1.165, 1.54) is 6.07 Å². The number of halogens is 1. The van der Waals surface area contributed by atoms with Crippen LogP contribution < -0.4 is 0 Å². The zero-order valence-electron chi connectivity index (χ0n) is 17.5. The Balaban J connectivity index is 1.37. The Hall–Kier alpha value is -3.48. The Labute approximate surface area is 179 Å². The minimum absolute atomic E-state index is 0.138. The number of hydrogen-bond donors (Lipinski definition) is 1. The molecular weight excluding hydrogens is 393 g/mol. The first-order valence-corrected chi connectivity index (χ1v) is 10.4. The summed E-state index contributed by atoms with van der Waals surface area (Å²) in [4.78, 5) is 19.6. The van der Waals surface area contributed by atoms with Crippen molar-refractivity contribution >= 4 is 16.9 Å². The highest BCUT2D eigenvalue weighted by molar-refractivity contribution is 5.95. The van der Waals surface area contributed by atoms with E-state index >= 15 is 0 Å². The van der Waals surface area contributed by atoms with E-state index in [-0.39, 0.29) is 22.9 Å². The summed E-state index contributed by atoms with van der Waals surface area (Å²) in [5, 5.41) is 6.80. The summed E-state index contributed by atoms with van der Waals surface area (Å²) in [5.41, 5.74) is 3.62. The van der Waals surface area contributed by atoms with E-state index in [2.05, 4.69) is 34.7 Å². The molecular formula is C24H24FN5O. The molecule has 0 spiro atoms. The van der Waals surface area contributed by atoms with E-state index in [4.69, 9.17) is 4.98 Å². The summed E-state index contributed by atoms with van der Waals surface area (Å²) >= 11 is 0. The number of likely N-dealkylation sites (tertiary alicyclic amines) is 1. The average molecular weight is 417 g/mol. The summed E-state index contributed by atoms with van der Waals surface area (Å²) in [5.74, 6) is -0.438. The van der Waals surface area contributed by atoms with Crippen molar-refractivity contribution in [2.24, 2.45) is 5.92 Å². The lowest BCUT2D eigenvalue weighted by molar-refractivity contribution is 0.0644. The van der Waals surface area contributed by atoms with Gasteiger partial charge in [0.1, 0.15) is 5.82 Å². The molecule has 4 aromatic rings. The van der Waals surface area contributed by atoms with Crippen molar-refractivity contribution in [2.45, 2.75) is 32.4 Å². The summed E-state index contributed by atoms with van der Waals surface area (Å²) in [6, 6.07) is 12.3. The Morgan fingerprint density at radius 2 is 2.06 bits per heavy atom. The van der Waals surface area contributed by atoms with Gasteiger partial charge in [0.15, 0.2) is 0 Å². The molecule has 6 nitrogen and oxygen atoms in total. The molecule has 0 aliphatic carbocycles. The molecule has 4 heterocycles. The second kappa shape index (κ2) is 7.34. The largest absolute Gasteiger partial charge is 0.346 e. The third kappa shape index (κ3) is 3.50. The molecule has 1 aromatic carbocycles. The molecule has 1 amide bonds. The maximum absolute atomic E-state index is 14.2. The molecule has 1 N–H and O–H groups in total. The van der Waals surface area contributed by atoms with Crippen LogP contribution in [0.3, 0.4) is 0 Å². The number of hydrogen-bond acceptors (Lipinski definition) is 3. The molecule has 5 rings (SSSR count). The summed E-state index contributed by atoms with van der Waals surface area (Å²) in [7, 11) is 0. The number of carbonyl (C=O) groups excluding carboxylic acids is 1. The van der Waals surface area contributed by atoms with Crippen molar-refractivity contribution < 1.29 is 9.18 Å². The van der Waals surface area contributed by atoms with E-state index in [1.54, 1.807) is 24.4 Å². The van der Waals surface area contributed by atoms with Crippen LogP contribution in [0.5, 0.6) is 0 Å². The zero-order chi connectivity index (χ0) is 21.6. The van der Waals surface area contributed by atoms with Crippen LogP contribution in [0.15, 0.2) is 61.1 Å². The van der Waals surface area contributed by atoms with Gasteiger partial charge in [-0.25, -0.2) is 9.37 Å². The lowest BCUT2D eigenvalue weighted by Crippen LogP contribution is -2.43. The molecule has 0 radical (unpaired) electrons. The third-order valence-corrected chi connectivity index (χ3v) is 6.18. The van der Waals surface area contributed by atoms with Gasteiger partial charge in [-0.2, -0.15) is 5.10 Å². The molecule has 1 fully saturated rings. The molecule has 0 saturated carbocycles. The normalized spacial score (nSPS) is 18.0. The number of nitrogens with one attached hydrogen (secondary N) is 1. The van der Waals surface area contributed by atoms with Gasteiger partial charge >= 0.3 is 0 Å². The fourth-order valence-corrected chi connectivity index (χ4v) is 4.71. The third-order valence-electron chi connectivity index (χ3n) is 6.18. The van der Waals surface area contributed by atoms with Gasteiger partial charge in [0.05, 0.1) is 28.5 Å². The lowest BCUT2D eigenvalue weighted by atomic mass is 9.96. The van der Waals surface area contributed by atoms with Gasteiger partial charge in [-0.3, -0.25) is 9.89 Å². The summed E-state index contributed by atoms with van der Waals surface area (Å²) in [6.45, 7) is 5.48. The minimum atomic E-state index is -0.470. The number of benzene rings is 1. The maximum atomic E-state index is 14.2. The van der Waals surface area contributed by atoms with Crippen molar-refractivity contribution in [2.75, 3.05) is 6.54 Å². The highest BCUT2D eigenvalue weighted by Gasteiger charge is 2.42.